The summed E-state index contributed by atoms with van der Waals surface area (Å²) in [7, 11) is 7.64. The van der Waals surface area contributed by atoms with Crippen molar-refractivity contribution < 1.29 is 5.11 Å². The van der Waals surface area contributed by atoms with E-state index in [4.69, 9.17) is 29.5 Å². The van der Waals surface area contributed by atoms with Gasteiger partial charge in [0.05, 0.1) is 6.10 Å². The van der Waals surface area contributed by atoms with Crippen LogP contribution < -0.4 is 0 Å². The fourth-order valence-corrected chi connectivity index (χ4v) is 2.36. The van der Waals surface area contributed by atoms with Crippen molar-refractivity contribution in [3.05, 3.63) is 6.10 Å². The van der Waals surface area contributed by atoms with Crippen molar-refractivity contribution in [3.63, 3.8) is 0 Å². The van der Waals surface area contributed by atoms with E-state index in [0.717, 1.165) is 21.5 Å². The number of nitrogens with zero attached hydrogens (tertiary/aromatic N) is 2. The fraction of sp³-hybridized carbons (Fsp3) is 0.750. The van der Waals surface area contributed by atoms with Crippen LogP contribution in [0.25, 0.3) is 0 Å². The van der Waals surface area contributed by atoms with Crippen LogP contribution in [-0.4, -0.2) is 51.7 Å². The summed E-state index contributed by atoms with van der Waals surface area (Å²) in [4.78, 5) is 3.74. The Bertz CT molecular complexity index is 246. The second-order valence-corrected chi connectivity index (χ2v) is 6.82. The minimum atomic E-state index is 0.714. The maximum Gasteiger partial charge on any atom is 0.142 e. The van der Waals surface area contributed by atoms with E-state index < -0.39 is 0 Å². The van der Waals surface area contributed by atoms with Crippen molar-refractivity contribution in [2.45, 2.75) is 32.1 Å². The molecule has 18 heavy (non-hydrogen) atoms. The topological polar surface area (TPSA) is 26.7 Å². The van der Waals surface area contributed by atoms with Gasteiger partial charge in [-0.3, -0.25) is 0 Å². The first kappa shape index (κ1) is 18.1. The summed E-state index contributed by atoms with van der Waals surface area (Å²) < 4.78 is 1.59. The molecule has 105 valence electrons. The lowest BCUT2D eigenvalue weighted by atomic mass is 9.98. The van der Waals surface area contributed by atoms with Crippen LogP contribution in [0.4, 0.5) is 0 Å². The highest BCUT2D eigenvalue weighted by Crippen LogP contribution is 2.21. The Hall–Kier alpha value is 0.0900. The van der Waals surface area contributed by atoms with Crippen molar-refractivity contribution in [3.8, 4) is 0 Å². The molecular weight excluding hydrogens is 284 g/mol. The van der Waals surface area contributed by atoms with Gasteiger partial charge in [-0.25, -0.2) is 0 Å². The highest BCUT2D eigenvalue weighted by atomic mass is 32.2. The average Bonchev–Trinajstić information content (AvgIpc) is 2.30. The quantitative estimate of drug-likeness (QED) is 0.690. The van der Waals surface area contributed by atoms with E-state index in [0.29, 0.717) is 6.10 Å². The molecule has 0 aromatic heterocycles. The van der Waals surface area contributed by atoms with Gasteiger partial charge >= 0.3 is 0 Å². The predicted molar refractivity (Wildman–Crippen MR) is 88.4 cm³/mol. The minimum absolute atomic E-state index is 0.714. The zero-order valence-corrected chi connectivity index (χ0v) is 14.1. The molecule has 1 fully saturated rings. The van der Waals surface area contributed by atoms with E-state index in [1.54, 1.807) is 0 Å². The minimum Gasteiger partial charge on any atom is -0.387 e. The number of thiocarbonyl (C=S) groups is 2. The average molecular weight is 308 g/mol. The van der Waals surface area contributed by atoms with Gasteiger partial charge in [0.15, 0.2) is 0 Å². The summed E-state index contributed by atoms with van der Waals surface area (Å²) in [6.07, 6.45) is 6.34. The zero-order valence-electron chi connectivity index (χ0n) is 11.6. The number of aliphatic hydroxyl groups is 1. The standard InChI is InChI=1S/C6H12N2S3.C6H11O/c1-7(2)5(9)11-6(10)8(3)4;7-6-4-2-1-3-5-6/h1-4H3;7H,1-5H2. The molecule has 0 atom stereocenters. The molecule has 1 aliphatic carbocycles. The molecule has 0 spiro atoms. The van der Waals surface area contributed by atoms with Gasteiger partial charge in [0.1, 0.15) is 8.64 Å². The van der Waals surface area contributed by atoms with Gasteiger partial charge in [-0.15, -0.1) is 0 Å². The van der Waals surface area contributed by atoms with Gasteiger partial charge in [-0.2, -0.15) is 0 Å². The second-order valence-electron chi connectivity index (χ2n) is 4.55. The summed E-state index contributed by atoms with van der Waals surface area (Å²) in [6, 6.07) is 0. The van der Waals surface area contributed by atoms with Gasteiger partial charge in [0.25, 0.3) is 0 Å². The summed E-state index contributed by atoms with van der Waals surface area (Å²) in [5.74, 6) is 0. The number of hydrogen-bond donors (Lipinski definition) is 1. The Morgan fingerprint density at radius 1 is 0.944 bits per heavy atom. The third-order valence-electron chi connectivity index (χ3n) is 2.34. The SMILES string of the molecule is CN(C)C(=S)SC(=S)N(C)C.O[C]1CCCCC1. The van der Waals surface area contributed by atoms with Crippen LogP contribution in [0, 0.1) is 6.10 Å². The number of aliphatic hydroxyl groups excluding tert-OH is 1. The predicted octanol–water partition coefficient (Wildman–Crippen LogP) is 3.27. The maximum atomic E-state index is 8.83. The third kappa shape index (κ3) is 9.08. The Labute approximate surface area is 126 Å². The molecule has 1 rings (SSSR count). The highest BCUT2D eigenvalue weighted by Gasteiger charge is 2.09. The van der Waals surface area contributed by atoms with Gasteiger partial charge in [0, 0.05) is 28.2 Å². The molecule has 0 heterocycles. The zero-order chi connectivity index (χ0) is 14.1. The van der Waals surface area contributed by atoms with Crippen LogP contribution in [0.3, 0.4) is 0 Å². The first-order valence-corrected chi connectivity index (χ1v) is 7.62. The number of hydrogen-bond acceptors (Lipinski definition) is 4. The molecule has 0 unspecified atom stereocenters. The Morgan fingerprint density at radius 3 is 1.56 bits per heavy atom. The van der Waals surface area contributed by atoms with Crippen LogP contribution in [-0.2, 0) is 0 Å². The van der Waals surface area contributed by atoms with E-state index >= 15 is 0 Å². The molecule has 0 aromatic carbocycles. The van der Waals surface area contributed by atoms with Crippen molar-refractivity contribution in [1.82, 2.24) is 9.80 Å². The Balaban J connectivity index is 0.000000351. The molecule has 0 amide bonds. The molecule has 0 saturated heterocycles. The molecule has 3 nitrogen and oxygen atoms in total. The first-order chi connectivity index (χ1) is 8.34. The van der Waals surface area contributed by atoms with E-state index in [1.807, 2.05) is 38.0 Å². The van der Waals surface area contributed by atoms with E-state index in [2.05, 4.69) is 0 Å². The molecule has 1 aliphatic rings. The maximum absolute atomic E-state index is 8.83. The van der Waals surface area contributed by atoms with Gasteiger partial charge < -0.3 is 14.9 Å². The Kier molecular flexibility index (Phi) is 10.00. The van der Waals surface area contributed by atoms with Crippen LogP contribution in [0.5, 0.6) is 0 Å². The Morgan fingerprint density at radius 2 is 1.33 bits per heavy atom. The monoisotopic (exact) mass is 307 g/mol. The van der Waals surface area contributed by atoms with Crippen LogP contribution in [0.2, 0.25) is 0 Å². The van der Waals surface area contributed by atoms with Gasteiger partial charge in [-0.1, -0.05) is 43.7 Å². The van der Waals surface area contributed by atoms with Crippen molar-refractivity contribution in [2.24, 2.45) is 0 Å². The second kappa shape index (κ2) is 9.95. The molecule has 0 bridgehead atoms. The molecule has 6 heteroatoms. The van der Waals surface area contributed by atoms with Crippen molar-refractivity contribution >= 4 is 44.8 Å². The third-order valence-corrected chi connectivity index (χ3v) is 4.65. The summed E-state index contributed by atoms with van der Waals surface area (Å²) in [6.45, 7) is 0. The normalized spacial score (nSPS) is 15.4. The smallest absolute Gasteiger partial charge is 0.142 e. The summed E-state index contributed by atoms with van der Waals surface area (Å²) in [5.41, 5.74) is 0. The highest BCUT2D eigenvalue weighted by molar-refractivity contribution is 8.37. The first-order valence-electron chi connectivity index (χ1n) is 5.98. The van der Waals surface area contributed by atoms with Gasteiger partial charge in [-0.05, 0) is 24.6 Å². The van der Waals surface area contributed by atoms with Crippen LogP contribution in [0.1, 0.15) is 32.1 Å². The molecule has 1 radical (unpaired) electrons. The molecule has 0 aliphatic heterocycles. The van der Waals surface area contributed by atoms with Gasteiger partial charge in [0.2, 0.25) is 0 Å². The molecule has 1 saturated carbocycles. The molecule has 1 N–H and O–H groups in total. The van der Waals surface area contributed by atoms with Crippen LogP contribution in [0.15, 0.2) is 0 Å². The van der Waals surface area contributed by atoms with E-state index in [-0.39, 0.29) is 0 Å². The summed E-state index contributed by atoms with van der Waals surface area (Å²) in [5, 5.41) is 8.83. The molecule has 0 aromatic rings. The lowest BCUT2D eigenvalue weighted by Crippen LogP contribution is -2.23. The molecular formula is C12H23N2OS3. The van der Waals surface area contributed by atoms with E-state index in [1.165, 1.54) is 31.0 Å². The van der Waals surface area contributed by atoms with Crippen molar-refractivity contribution in [2.75, 3.05) is 28.2 Å². The lowest BCUT2D eigenvalue weighted by molar-refractivity contribution is 0.239. The van der Waals surface area contributed by atoms with Crippen LogP contribution >= 0.6 is 36.2 Å². The van der Waals surface area contributed by atoms with Crippen molar-refractivity contribution in [1.29, 1.82) is 0 Å². The number of rotatable bonds is 0. The fourth-order valence-electron chi connectivity index (χ4n) is 1.22. The number of thioether (sulfide) groups is 1. The largest absolute Gasteiger partial charge is 0.387 e. The van der Waals surface area contributed by atoms with E-state index in [9.17, 15) is 0 Å². The summed E-state index contributed by atoms with van der Waals surface area (Å²) >= 11 is 11.5. The lowest BCUT2D eigenvalue weighted by Gasteiger charge is -2.16.